The molecule has 0 radical (unpaired) electrons. The molecule has 2 aromatic carbocycles. The average molecular weight is 394 g/mol. The molecule has 3 aromatic rings. The first-order chi connectivity index (χ1) is 11.6. The van der Waals surface area contributed by atoms with Gasteiger partial charge in [0.15, 0.2) is 6.29 Å². The zero-order valence-corrected chi connectivity index (χ0v) is 15.8. The summed E-state index contributed by atoms with van der Waals surface area (Å²) in [5, 5.41) is 0.934. The SMILES string of the molecule is CC.COC.O=Cc1[nH]c2ccc(-c3ccc(F)cc3)cc2c1Br. The van der Waals surface area contributed by atoms with Gasteiger partial charge in [-0.2, -0.15) is 0 Å². The number of benzene rings is 2. The van der Waals surface area contributed by atoms with Crippen molar-refractivity contribution in [3.8, 4) is 11.1 Å². The molecule has 0 saturated carbocycles. The van der Waals surface area contributed by atoms with Crippen LogP contribution in [0.15, 0.2) is 46.9 Å². The molecule has 3 rings (SSSR count). The van der Waals surface area contributed by atoms with Gasteiger partial charge in [-0.05, 0) is 51.3 Å². The van der Waals surface area contributed by atoms with Gasteiger partial charge in [-0.15, -0.1) is 0 Å². The van der Waals surface area contributed by atoms with Crippen LogP contribution in [-0.4, -0.2) is 25.5 Å². The van der Waals surface area contributed by atoms with Crippen LogP contribution >= 0.6 is 15.9 Å². The second kappa shape index (κ2) is 10.0. The molecule has 0 aliphatic rings. The van der Waals surface area contributed by atoms with E-state index in [9.17, 15) is 9.18 Å². The lowest BCUT2D eigenvalue weighted by atomic mass is 10.0. The monoisotopic (exact) mass is 393 g/mol. The van der Waals surface area contributed by atoms with Crippen LogP contribution in [0.5, 0.6) is 0 Å². The first kappa shape index (κ1) is 20.1. The number of carbonyl (C=O) groups is 1. The Bertz CT molecular complexity index is 782. The number of hydrogen-bond acceptors (Lipinski definition) is 2. The van der Waals surface area contributed by atoms with Crippen molar-refractivity contribution in [3.63, 3.8) is 0 Å². The summed E-state index contributed by atoms with van der Waals surface area (Å²) in [4.78, 5) is 13.9. The van der Waals surface area contributed by atoms with Crippen LogP contribution in [0.2, 0.25) is 0 Å². The van der Waals surface area contributed by atoms with E-state index in [0.29, 0.717) is 5.69 Å². The molecule has 0 amide bonds. The van der Waals surface area contributed by atoms with Crippen molar-refractivity contribution < 1.29 is 13.9 Å². The second-order valence-corrected chi connectivity index (χ2v) is 5.44. The fourth-order valence-corrected chi connectivity index (χ4v) is 2.60. The van der Waals surface area contributed by atoms with Crippen molar-refractivity contribution >= 4 is 33.1 Å². The Balaban J connectivity index is 0.000000521. The number of H-pyrrole nitrogens is 1. The van der Waals surface area contributed by atoms with Crippen molar-refractivity contribution in [2.45, 2.75) is 13.8 Å². The highest BCUT2D eigenvalue weighted by molar-refractivity contribution is 9.10. The third-order valence-corrected chi connectivity index (χ3v) is 3.91. The van der Waals surface area contributed by atoms with Crippen molar-refractivity contribution in [2.75, 3.05) is 14.2 Å². The number of methoxy groups -OCH3 is 1. The number of nitrogens with one attached hydrogen (secondary N) is 1. The van der Waals surface area contributed by atoms with E-state index in [1.165, 1.54) is 12.1 Å². The number of halogens is 2. The first-order valence-electron chi connectivity index (χ1n) is 7.53. The lowest BCUT2D eigenvalue weighted by Crippen LogP contribution is -1.79. The summed E-state index contributed by atoms with van der Waals surface area (Å²) in [6.07, 6.45) is 0.779. The topological polar surface area (TPSA) is 42.1 Å². The van der Waals surface area contributed by atoms with E-state index in [4.69, 9.17) is 0 Å². The minimum atomic E-state index is -0.254. The third-order valence-electron chi connectivity index (χ3n) is 3.06. The number of rotatable bonds is 2. The van der Waals surface area contributed by atoms with Gasteiger partial charge < -0.3 is 9.72 Å². The van der Waals surface area contributed by atoms with E-state index in [2.05, 4.69) is 25.7 Å². The van der Waals surface area contributed by atoms with Crippen LogP contribution in [0.4, 0.5) is 4.39 Å². The second-order valence-electron chi connectivity index (χ2n) is 4.65. The van der Waals surface area contributed by atoms with Gasteiger partial charge in [-0.3, -0.25) is 4.79 Å². The largest absolute Gasteiger partial charge is 0.388 e. The van der Waals surface area contributed by atoms with Gasteiger partial charge in [0.2, 0.25) is 0 Å². The molecule has 1 heterocycles. The summed E-state index contributed by atoms with van der Waals surface area (Å²) in [5.41, 5.74) is 3.32. The van der Waals surface area contributed by atoms with E-state index >= 15 is 0 Å². The van der Waals surface area contributed by atoms with Gasteiger partial charge in [0.05, 0.1) is 10.2 Å². The maximum absolute atomic E-state index is 12.9. The Labute approximate surface area is 150 Å². The molecule has 0 fully saturated rings. The van der Waals surface area contributed by atoms with E-state index in [0.717, 1.165) is 32.8 Å². The number of ether oxygens (including phenoxy) is 1. The van der Waals surface area contributed by atoms with Crippen LogP contribution in [0, 0.1) is 5.82 Å². The number of fused-ring (bicyclic) bond motifs is 1. The highest BCUT2D eigenvalue weighted by Crippen LogP contribution is 2.31. The number of aldehydes is 1. The Kier molecular flexibility index (Phi) is 8.36. The van der Waals surface area contributed by atoms with Crippen molar-refractivity contribution in [3.05, 3.63) is 58.4 Å². The molecule has 128 valence electrons. The molecule has 5 heteroatoms. The molecule has 1 N–H and O–H groups in total. The van der Waals surface area contributed by atoms with Crippen LogP contribution < -0.4 is 0 Å². The minimum Gasteiger partial charge on any atom is -0.388 e. The quantitative estimate of drug-likeness (QED) is 0.555. The maximum atomic E-state index is 12.9. The Morgan fingerprint density at radius 2 is 1.58 bits per heavy atom. The van der Waals surface area contributed by atoms with E-state index in [1.54, 1.807) is 26.4 Å². The standard InChI is InChI=1S/C15H9BrFNO.C2H6O.C2H6/c16-15-12-7-10(9-1-4-11(17)5-2-9)3-6-13(12)18-14(15)8-19;1-3-2;1-2/h1-8,18H;1-2H3;1-2H3. The number of aromatic amines is 1. The highest BCUT2D eigenvalue weighted by Gasteiger charge is 2.09. The first-order valence-corrected chi connectivity index (χ1v) is 8.32. The number of aromatic nitrogens is 1. The van der Waals surface area contributed by atoms with Gasteiger partial charge in [-0.1, -0.05) is 32.0 Å². The van der Waals surface area contributed by atoms with Crippen molar-refractivity contribution in [2.24, 2.45) is 0 Å². The number of carbonyl (C=O) groups excluding carboxylic acids is 1. The smallest absolute Gasteiger partial charge is 0.167 e. The van der Waals surface area contributed by atoms with Gasteiger partial charge in [0.25, 0.3) is 0 Å². The molecular formula is C19H21BrFNO2. The maximum Gasteiger partial charge on any atom is 0.167 e. The van der Waals surface area contributed by atoms with Gasteiger partial charge in [0.1, 0.15) is 5.82 Å². The Morgan fingerprint density at radius 1 is 1.04 bits per heavy atom. The summed E-state index contributed by atoms with van der Waals surface area (Å²) in [6, 6.07) is 12.1. The fraction of sp³-hybridized carbons (Fsp3) is 0.211. The molecule has 3 nitrogen and oxygen atoms in total. The van der Waals surface area contributed by atoms with Gasteiger partial charge >= 0.3 is 0 Å². The highest BCUT2D eigenvalue weighted by atomic mass is 79.9. The molecule has 24 heavy (non-hydrogen) atoms. The fourth-order valence-electron chi connectivity index (χ4n) is 2.08. The van der Waals surface area contributed by atoms with Gasteiger partial charge in [0, 0.05) is 25.1 Å². The molecule has 0 saturated heterocycles. The lowest BCUT2D eigenvalue weighted by Gasteiger charge is -2.02. The van der Waals surface area contributed by atoms with E-state index in [1.807, 2.05) is 32.0 Å². The Hall–Kier alpha value is -1.98. The molecule has 1 aromatic heterocycles. The third kappa shape index (κ3) is 4.76. The molecule has 0 spiro atoms. The summed E-state index contributed by atoms with van der Waals surface area (Å²) in [5.74, 6) is -0.254. The Morgan fingerprint density at radius 3 is 2.12 bits per heavy atom. The van der Waals surface area contributed by atoms with E-state index < -0.39 is 0 Å². The molecule has 0 unspecified atom stereocenters. The van der Waals surface area contributed by atoms with Crippen molar-refractivity contribution in [1.29, 1.82) is 0 Å². The van der Waals surface area contributed by atoms with Crippen LogP contribution in [0.3, 0.4) is 0 Å². The summed E-state index contributed by atoms with van der Waals surface area (Å²) in [7, 11) is 3.25. The molecule has 0 bridgehead atoms. The van der Waals surface area contributed by atoms with Crippen LogP contribution in [-0.2, 0) is 4.74 Å². The lowest BCUT2D eigenvalue weighted by molar-refractivity contribution is 0.111. The van der Waals surface area contributed by atoms with Crippen LogP contribution in [0.1, 0.15) is 24.3 Å². The van der Waals surface area contributed by atoms with Gasteiger partial charge in [-0.25, -0.2) is 4.39 Å². The average Bonchev–Trinajstić information content (AvgIpc) is 2.94. The summed E-state index contributed by atoms with van der Waals surface area (Å²) < 4.78 is 17.9. The molecule has 0 aliphatic carbocycles. The van der Waals surface area contributed by atoms with Crippen molar-refractivity contribution in [1.82, 2.24) is 4.98 Å². The normalized spacial score (nSPS) is 9.58. The van der Waals surface area contributed by atoms with Crippen LogP contribution in [0.25, 0.3) is 22.0 Å². The zero-order chi connectivity index (χ0) is 18.1. The predicted molar refractivity (Wildman–Crippen MR) is 101 cm³/mol. The minimum absolute atomic E-state index is 0.254. The molecular weight excluding hydrogens is 373 g/mol. The van der Waals surface area contributed by atoms with E-state index in [-0.39, 0.29) is 5.82 Å². The zero-order valence-electron chi connectivity index (χ0n) is 14.2. The predicted octanol–water partition coefficient (Wildman–Crippen LogP) is 5.84. The molecule has 0 aliphatic heterocycles. The summed E-state index contributed by atoms with van der Waals surface area (Å²) in [6.45, 7) is 4.00. The molecule has 0 atom stereocenters. The number of hydrogen-bond donors (Lipinski definition) is 1. The summed E-state index contributed by atoms with van der Waals surface area (Å²) >= 11 is 3.41.